The van der Waals surface area contributed by atoms with Gasteiger partial charge in [-0.1, -0.05) is 133 Å². The third kappa shape index (κ3) is 4.34. The molecule has 0 aliphatic heterocycles. The Hall–Kier alpha value is -7.82. The normalized spacial score (nSPS) is 12.1. The number of hydrogen-bond donors (Lipinski definition) is 0. The summed E-state index contributed by atoms with van der Waals surface area (Å²) in [5.41, 5.74) is 14.9. The summed E-state index contributed by atoms with van der Waals surface area (Å²) in [6, 6.07) is 69.5. The predicted molar refractivity (Wildman–Crippen MR) is 241 cm³/mol. The summed E-state index contributed by atoms with van der Waals surface area (Å²) in [6.45, 7) is 0. The highest BCUT2D eigenvalue weighted by Crippen LogP contribution is 2.44. The molecule has 4 nitrogen and oxygen atoms in total. The molecule has 0 atom stereocenters. The Morgan fingerprint density at radius 2 is 0.845 bits per heavy atom. The van der Waals surface area contributed by atoms with Crippen LogP contribution in [0, 0.1) is 0 Å². The SMILES string of the molecule is c1ccc(-n2c3ccccc3c3c(-c4ccc5c6ccccc6n(-c6ccc7oc8c(-c9cccc%10c9oc9ccccc9%10)cccc8c7c6)c5c4)cccc32)cc1. The van der Waals surface area contributed by atoms with Gasteiger partial charge < -0.3 is 18.0 Å². The van der Waals surface area contributed by atoms with Crippen molar-refractivity contribution < 1.29 is 8.83 Å². The van der Waals surface area contributed by atoms with Gasteiger partial charge in [0.2, 0.25) is 0 Å². The van der Waals surface area contributed by atoms with Crippen LogP contribution in [0.5, 0.6) is 0 Å². The second kappa shape index (κ2) is 11.8. The third-order valence-electron chi connectivity index (χ3n) is 12.1. The van der Waals surface area contributed by atoms with Crippen LogP contribution in [-0.4, -0.2) is 9.13 Å². The largest absolute Gasteiger partial charge is 0.455 e. The molecule has 4 aromatic heterocycles. The van der Waals surface area contributed by atoms with Crippen LogP contribution in [-0.2, 0) is 0 Å². The Kier molecular flexibility index (Phi) is 6.41. The summed E-state index contributed by atoms with van der Waals surface area (Å²) in [7, 11) is 0. The highest BCUT2D eigenvalue weighted by molar-refractivity contribution is 6.18. The molecule has 58 heavy (non-hydrogen) atoms. The van der Waals surface area contributed by atoms with Crippen LogP contribution in [0.15, 0.2) is 203 Å². The van der Waals surface area contributed by atoms with Crippen LogP contribution < -0.4 is 0 Å². The van der Waals surface area contributed by atoms with E-state index in [0.717, 1.165) is 77.4 Å². The monoisotopic (exact) mass is 740 g/mol. The molecule has 0 amide bonds. The number of para-hydroxylation sites is 6. The van der Waals surface area contributed by atoms with Gasteiger partial charge in [0.1, 0.15) is 22.3 Å². The van der Waals surface area contributed by atoms with Gasteiger partial charge in [-0.05, 0) is 71.8 Å². The van der Waals surface area contributed by atoms with Gasteiger partial charge in [-0.3, -0.25) is 0 Å². The average Bonchev–Trinajstić information content (AvgIpc) is 4.04. The summed E-state index contributed by atoms with van der Waals surface area (Å²) in [6.07, 6.45) is 0. The van der Waals surface area contributed by atoms with Crippen molar-refractivity contribution in [1.82, 2.24) is 9.13 Å². The number of furan rings is 2. The van der Waals surface area contributed by atoms with Crippen molar-refractivity contribution in [3.63, 3.8) is 0 Å². The van der Waals surface area contributed by atoms with Crippen LogP contribution in [0.25, 0.3) is 121 Å². The molecule has 0 N–H and O–H groups in total. The Labute approximate surface area is 332 Å². The van der Waals surface area contributed by atoms with Gasteiger partial charge in [0, 0.05) is 65.6 Å². The lowest BCUT2D eigenvalue weighted by Crippen LogP contribution is -1.94. The van der Waals surface area contributed by atoms with E-state index < -0.39 is 0 Å². The third-order valence-corrected chi connectivity index (χ3v) is 12.1. The molecule has 0 bridgehead atoms. The number of benzene rings is 9. The first kappa shape index (κ1) is 31.4. The van der Waals surface area contributed by atoms with E-state index in [2.05, 4.69) is 191 Å². The first-order valence-electron chi connectivity index (χ1n) is 19.8. The van der Waals surface area contributed by atoms with Crippen molar-refractivity contribution in [2.45, 2.75) is 0 Å². The van der Waals surface area contributed by atoms with Crippen molar-refractivity contribution in [2.24, 2.45) is 0 Å². The quantitative estimate of drug-likeness (QED) is 0.180. The second-order valence-corrected chi connectivity index (χ2v) is 15.2. The minimum Gasteiger partial charge on any atom is -0.455 e. The van der Waals surface area contributed by atoms with Crippen LogP contribution in [0.4, 0.5) is 0 Å². The minimum atomic E-state index is 0.853. The van der Waals surface area contributed by atoms with Crippen molar-refractivity contribution >= 4 is 87.5 Å². The maximum absolute atomic E-state index is 6.74. The van der Waals surface area contributed by atoms with Crippen LogP contribution >= 0.6 is 0 Å². The molecule has 0 unspecified atom stereocenters. The molecule has 4 heterocycles. The molecule has 270 valence electrons. The first-order chi connectivity index (χ1) is 28.8. The molecule has 13 rings (SSSR count). The molecule has 13 aromatic rings. The number of rotatable bonds is 4. The van der Waals surface area contributed by atoms with Crippen LogP contribution in [0.3, 0.4) is 0 Å². The van der Waals surface area contributed by atoms with Gasteiger partial charge in [0.25, 0.3) is 0 Å². The van der Waals surface area contributed by atoms with Crippen LogP contribution in [0.1, 0.15) is 0 Å². The Bertz CT molecular complexity index is 3800. The van der Waals surface area contributed by atoms with Gasteiger partial charge in [-0.25, -0.2) is 0 Å². The van der Waals surface area contributed by atoms with Gasteiger partial charge in [0.15, 0.2) is 0 Å². The van der Waals surface area contributed by atoms with Crippen molar-refractivity contribution in [2.75, 3.05) is 0 Å². The molecular formula is C54H32N2O2. The summed E-state index contributed by atoms with van der Waals surface area (Å²) >= 11 is 0. The number of nitrogens with zero attached hydrogens (tertiary/aromatic N) is 2. The minimum absolute atomic E-state index is 0.853. The van der Waals surface area contributed by atoms with Crippen molar-refractivity contribution in [3.8, 4) is 33.6 Å². The van der Waals surface area contributed by atoms with E-state index in [-0.39, 0.29) is 0 Å². The number of fused-ring (bicyclic) bond motifs is 12. The van der Waals surface area contributed by atoms with E-state index in [1.807, 2.05) is 12.1 Å². The predicted octanol–water partition coefficient (Wildman–Crippen LogP) is 15.0. The molecule has 4 heteroatoms. The van der Waals surface area contributed by atoms with E-state index in [9.17, 15) is 0 Å². The zero-order chi connectivity index (χ0) is 37.9. The van der Waals surface area contributed by atoms with E-state index in [1.54, 1.807) is 0 Å². The topological polar surface area (TPSA) is 36.1 Å². The van der Waals surface area contributed by atoms with Gasteiger partial charge in [-0.2, -0.15) is 0 Å². The fraction of sp³-hybridized carbons (Fsp3) is 0. The fourth-order valence-electron chi connectivity index (χ4n) is 9.63. The summed E-state index contributed by atoms with van der Waals surface area (Å²) in [5, 5.41) is 9.31. The molecule has 0 aliphatic rings. The van der Waals surface area contributed by atoms with Crippen molar-refractivity contribution in [1.29, 1.82) is 0 Å². The Morgan fingerprint density at radius 1 is 0.293 bits per heavy atom. The van der Waals surface area contributed by atoms with Gasteiger partial charge in [-0.15, -0.1) is 0 Å². The summed E-state index contributed by atoms with van der Waals surface area (Å²) in [4.78, 5) is 0. The summed E-state index contributed by atoms with van der Waals surface area (Å²) in [5.74, 6) is 0. The fourth-order valence-corrected chi connectivity index (χ4v) is 9.63. The molecule has 0 saturated carbocycles. The molecular weight excluding hydrogens is 709 g/mol. The lowest BCUT2D eigenvalue weighted by molar-refractivity contribution is 0.665. The zero-order valence-corrected chi connectivity index (χ0v) is 31.2. The maximum Gasteiger partial charge on any atom is 0.143 e. The maximum atomic E-state index is 6.74. The van der Waals surface area contributed by atoms with E-state index in [4.69, 9.17) is 8.83 Å². The molecule has 9 aromatic carbocycles. The molecule has 0 radical (unpaired) electrons. The lowest BCUT2D eigenvalue weighted by Gasteiger charge is -2.11. The smallest absolute Gasteiger partial charge is 0.143 e. The number of aromatic nitrogens is 2. The number of hydrogen-bond acceptors (Lipinski definition) is 2. The molecule has 0 spiro atoms. The Balaban J connectivity index is 1.02. The van der Waals surface area contributed by atoms with Gasteiger partial charge >= 0.3 is 0 Å². The van der Waals surface area contributed by atoms with E-state index in [0.29, 0.717) is 0 Å². The highest BCUT2D eigenvalue weighted by atomic mass is 16.3. The van der Waals surface area contributed by atoms with E-state index in [1.165, 1.54) is 43.7 Å². The average molecular weight is 741 g/mol. The van der Waals surface area contributed by atoms with Crippen molar-refractivity contribution in [3.05, 3.63) is 194 Å². The summed E-state index contributed by atoms with van der Waals surface area (Å²) < 4.78 is 18.0. The van der Waals surface area contributed by atoms with Gasteiger partial charge in [0.05, 0.1) is 22.1 Å². The molecule has 0 saturated heterocycles. The molecule has 0 fully saturated rings. The van der Waals surface area contributed by atoms with E-state index >= 15 is 0 Å². The molecule has 0 aliphatic carbocycles. The highest BCUT2D eigenvalue weighted by Gasteiger charge is 2.21. The Morgan fingerprint density at radius 3 is 1.64 bits per heavy atom. The lowest BCUT2D eigenvalue weighted by atomic mass is 9.98. The standard InChI is InChI=1S/C54H32N2O2/c1-2-13-34(14-3-1)55-47-24-8-5-17-44(47)52-36(18-12-25-48(52)55)33-27-29-38-37-15-4-7-23-46(37)56(49(38)31-33)35-28-30-51-45(32-35)43-22-11-21-42(54(43)58-51)41-20-10-19-40-39-16-6-9-26-50(39)57-53(40)41/h1-32H. The first-order valence-corrected chi connectivity index (χ1v) is 19.8. The van der Waals surface area contributed by atoms with Crippen LogP contribution in [0.2, 0.25) is 0 Å². The second-order valence-electron chi connectivity index (χ2n) is 15.2. The zero-order valence-electron chi connectivity index (χ0n) is 31.2.